The summed E-state index contributed by atoms with van der Waals surface area (Å²) >= 11 is 1.75. The smallest absolute Gasteiger partial charge is 0.162 e. The Morgan fingerprint density at radius 3 is 2.42 bits per heavy atom. The zero-order chi connectivity index (χ0) is 13.9. The van der Waals surface area contributed by atoms with E-state index in [0.717, 1.165) is 24.5 Å². The molecule has 1 heterocycles. The van der Waals surface area contributed by atoms with E-state index in [1.165, 1.54) is 10.5 Å². The van der Waals surface area contributed by atoms with Crippen molar-refractivity contribution >= 4 is 11.8 Å². The molecular weight excluding hydrogens is 258 g/mol. The molecule has 106 valence electrons. The average Bonchev–Trinajstić information content (AvgIpc) is 2.44. The molecule has 4 heteroatoms. The van der Waals surface area contributed by atoms with Crippen LogP contribution in [0.1, 0.15) is 32.8 Å². The molecule has 1 aliphatic heterocycles. The summed E-state index contributed by atoms with van der Waals surface area (Å²) in [4.78, 5) is 1.25. The minimum Gasteiger partial charge on any atom is -0.486 e. The lowest BCUT2D eigenvalue weighted by Crippen LogP contribution is -2.37. The predicted molar refractivity (Wildman–Crippen MR) is 80.4 cm³/mol. The zero-order valence-corrected chi connectivity index (χ0v) is 13.0. The average molecular weight is 281 g/mol. The first-order valence-electron chi connectivity index (χ1n) is 6.77. The lowest BCUT2D eigenvalue weighted by atomic mass is 10.0. The molecule has 1 aromatic carbocycles. The minimum atomic E-state index is 0.156. The van der Waals surface area contributed by atoms with Gasteiger partial charge in [-0.3, -0.25) is 0 Å². The summed E-state index contributed by atoms with van der Waals surface area (Å²) in [7, 11) is 0. The minimum absolute atomic E-state index is 0.156. The fourth-order valence-corrected chi connectivity index (χ4v) is 2.52. The Hall–Kier alpha value is -0.870. The summed E-state index contributed by atoms with van der Waals surface area (Å²) in [6, 6.07) is 4.20. The Labute approximate surface area is 120 Å². The van der Waals surface area contributed by atoms with E-state index in [0.29, 0.717) is 13.2 Å². The molecule has 1 aliphatic rings. The summed E-state index contributed by atoms with van der Waals surface area (Å²) in [6.07, 6.45) is 3.20. The summed E-state index contributed by atoms with van der Waals surface area (Å²) in [6.45, 7) is 8.79. The van der Waals surface area contributed by atoms with Gasteiger partial charge in [-0.25, -0.2) is 0 Å². The number of thioether (sulfide) groups is 1. The quantitative estimate of drug-likeness (QED) is 0.837. The number of nitrogens with one attached hydrogen (secondary N) is 1. The molecule has 19 heavy (non-hydrogen) atoms. The number of hydrogen-bond donors (Lipinski definition) is 1. The van der Waals surface area contributed by atoms with Crippen LogP contribution in [0.3, 0.4) is 0 Å². The van der Waals surface area contributed by atoms with E-state index in [1.54, 1.807) is 11.8 Å². The van der Waals surface area contributed by atoms with E-state index in [1.807, 2.05) is 0 Å². The Balaban J connectivity index is 2.19. The van der Waals surface area contributed by atoms with Crippen LogP contribution in [0.4, 0.5) is 0 Å². The van der Waals surface area contributed by atoms with Gasteiger partial charge in [0.25, 0.3) is 0 Å². The van der Waals surface area contributed by atoms with Gasteiger partial charge in [-0.15, -0.1) is 11.8 Å². The van der Waals surface area contributed by atoms with Gasteiger partial charge in [0.15, 0.2) is 11.5 Å². The van der Waals surface area contributed by atoms with Gasteiger partial charge in [-0.2, -0.15) is 0 Å². The maximum Gasteiger partial charge on any atom is 0.162 e. The van der Waals surface area contributed by atoms with E-state index in [9.17, 15) is 0 Å². The summed E-state index contributed by atoms with van der Waals surface area (Å²) in [5.41, 5.74) is 1.43. The molecule has 0 atom stereocenters. The SMILES string of the molecule is CCC(C)(C)NCc1cc2c(cc1SC)OCCO2. The largest absolute Gasteiger partial charge is 0.486 e. The van der Waals surface area contributed by atoms with Gasteiger partial charge < -0.3 is 14.8 Å². The van der Waals surface area contributed by atoms with E-state index < -0.39 is 0 Å². The first-order chi connectivity index (χ1) is 9.05. The highest BCUT2D eigenvalue weighted by Crippen LogP contribution is 2.36. The van der Waals surface area contributed by atoms with Crippen LogP contribution >= 0.6 is 11.8 Å². The van der Waals surface area contributed by atoms with Crippen LogP contribution < -0.4 is 14.8 Å². The Kier molecular flexibility index (Phi) is 4.63. The third-order valence-corrected chi connectivity index (χ3v) is 4.41. The second kappa shape index (κ2) is 6.06. The van der Waals surface area contributed by atoms with Crippen LogP contribution in [0.25, 0.3) is 0 Å². The monoisotopic (exact) mass is 281 g/mol. The first kappa shape index (κ1) is 14.5. The number of hydrogen-bond acceptors (Lipinski definition) is 4. The predicted octanol–water partition coefficient (Wildman–Crippen LogP) is 3.46. The van der Waals surface area contributed by atoms with Gasteiger partial charge in [0.05, 0.1) is 0 Å². The molecule has 0 fully saturated rings. The maximum absolute atomic E-state index is 5.66. The van der Waals surface area contributed by atoms with Crippen LogP contribution in [0.2, 0.25) is 0 Å². The fourth-order valence-electron chi connectivity index (χ4n) is 1.90. The molecule has 0 radical (unpaired) electrons. The van der Waals surface area contributed by atoms with Crippen LogP contribution in [-0.4, -0.2) is 25.0 Å². The zero-order valence-electron chi connectivity index (χ0n) is 12.2. The van der Waals surface area contributed by atoms with Crippen molar-refractivity contribution in [2.24, 2.45) is 0 Å². The van der Waals surface area contributed by atoms with Crippen molar-refractivity contribution in [2.45, 2.75) is 44.2 Å². The van der Waals surface area contributed by atoms with Crippen molar-refractivity contribution < 1.29 is 9.47 Å². The van der Waals surface area contributed by atoms with Crippen LogP contribution in [0.5, 0.6) is 11.5 Å². The Morgan fingerprint density at radius 2 is 1.84 bits per heavy atom. The second-order valence-corrected chi connectivity index (χ2v) is 6.25. The van der Waals surface area contributed by atoms with Gasteiger partial charge in [0.2, 0.25) is 0 Å². The van der Waals surface area contributed by atoms with Crippen molar-refractivity contribution in [3.8, 4) is 11.5 Å². The third kappa shape index (κ3) is 3.57. The van der Waals surface area contributed by atoms with E-state index in [-0.39, 0.29) is 5.54 Å². The second-order valence-electron chi connectivity index (χ2n) is 5.40. The van der Waals surface area contributed by atoms with E-state index in [4.69, 9.17) is 9.47 Å². The molecule has 1 aromatic rings. The topological polar surface area (TPSA) is 30.5 Å². The highest BCUT2D eigenvalue weighted by Gasteiger charge is 2.18. The molecular formula is C15H23NO2S. The summed E-state index contributed by atoms with van der Waals surface area (Å²) in [5, 5.41) is 3.60. The lowest BCUT2D eigenvalue weighted by Gasteiger charge is -2.26. The number of rotatable bonds is 5. The van der Waals surface area contributed by atoms with Gasteiger partial charge in [-0.1, -0.05) is 6.92 Å². The maximum atomic E-state index is 5.66. The molecule has 3 nitrogen and oxygen atoms in total. The normalized spacial score (nSPS) is 14.5. The van der Waals surface area contributed by atoms with Crippen molar-refractivity contribution in [1.29, 1.82) is 0 Å². The highest BCUT2D eigenvalue weighted by molar-refractivity contribution is 7.98. The van der Waals surface area contributed by atoms with Crippen LogP contribution in [-0.2, 0) is 6.54 Å². The van der Waals surface area contributed by atoms with Crippen molar-refractivity contribution in [3.63, 3.8) is 0 Å². The molecule has 0 spiro atoms. The molecule has 0 aliphatic carbocycles. The molecule has 0 unspecified atom stereocenters. The number of benzene rings is 1. The Morgan fingerprint density at radius 1 is 1.21 bits per heavy atom. The Bertz CT molecular complexity index is 446. The van der Waals surface area contributed by atoms with E-state index >= 15 is 0 Å². The van der Waals surface area contributed by atoms with Gasteiger partial charge in [-0.05, 0) is 44.2 Å². The molecule has 0 saturated heterocycles. The van der Waals surface area contributed by atoms with Gasteiger partial charge in [0, 0.05) is 17.0 Å². The fraction of sp³-hybridized carbons (Fsp3) is 0.600. The molecule has 1 N–H and O–H groups in total. The summed E-state index contributed by atoms with van der Waals surface area (Å²) in [5.74, 6) is 1.74. The number of ether oxygens (including phenoxy) is 2. The molecule has 0 bridgehead atoms. The van der Waals surface area contributed by atoms with Crippen LogP contribution in [0.15, 0.2) is 17.0 Å². The standard InChI is InChI=1S/C15H23NO2S/c1-5-15(2,3)16-10-11-8-12-13(9-14(11)19-4)18-7-6-17-12/h8-9,16H,5-7,10H2,1-4H3. The molecule has 2 rings (SSSR count). The van der Waals surface area contributed by atoms with Crippen LogP contribution in [0, 0.1) is 0 Å². The molecule has 0 amide bonds. The van der Waals surface area contributed by atoms with Crippen molar-refractivity contribution in [1.82, 2.24) is 5.32 Å². The lowest BCUT2D eigenvalue weighted by molar-refractivity contribution is 0.170. The number of fused-ring (bicyclic) bond motifs is 1. The molecule has 0 aromatic heterocycles. The van der Waals surface area contributed by atoms with Gasteiger partial charge in [0.1, 0.15) is 13.2 Å². The van der Waals surface area contributed by atoms with Crippen molar-refractivity contribution in [3.05, 3.63) is 17.7 Å². The van der Waals surface area contributed by atoms with Gasteiger partial charge >= 0.3 is 0 Å². The summed E-state index contributed by atoms with van der Waals surface area (Å²) < 4.78 is 11.3. The van der Waals surface area contributed by atoms with E-state index in [2.05, 4.69) is 44.5 Å². The highest BCUT2D eigenvalue weighted by atomic mass is 32.2. The first-order valence-corrected chi connectivity index (χ1v) is 8.00. The third-order valence-electron chi connectivity index (χ3n) is 3.59. The van der Waals surface area contributed by atoms with Crippen molar-refractivity contribution in [2.75, 3.05) is 19.5 Å². The molecule has 0 saturated carbocycles.